The zero-order valence-corrected chi connectivity index (χ0v) is 16.3. The molecule has 3 rings (SSSR count). The van der Waals surface area contributed by atoms with Crippen LogP contribution in [0.15, 0.2) is 47.4 Å². The highest BCUT2D eigenvalue weighted by Crippen LogP contribution is 2.21. The van der Waals surface area contributed by atoms with Crippen molar-refractivity contribution in [3.05, 3.63) is 59.2 Å². The van der Waals surface area contributed by atoms with Gasteiger partial charge in [-0.15, -0.1) is 0 Å². The van der Waals surface area contributed by atoms with Crippen LogP contribution in [0.1, 0.15) is 34.3 Å². The Kier molecular flexibility index (Phi) is 5.82. The first kappa shape index (κ1) is 19.4. The first-order valence-electron chi connectivity index (χ1n) is 8.96. The van der Waals surface area contributed by atoms with Gasteiger partial charge >= 0.3 is 0 Å². The predicted molar refractivity (Wildman–Crippen MR) is 104 cm³/mol. The standard InChI is InChI=1S/C20H24N2O4S/c1-14-9-10-17(27(24,25)22-19-8-4-3-6-15(19)2)12-18(14)20(23)21-13-16-7-5-11-26-16/h3-4,6,8-10,12,16,22H,5,7,11,13H2,1-2H3,(H,21,23)/t16-/m0/s1. The van der Waals surface area contributed by atoms with Crippen LogP contribution in [-0.4, -0.2) is 33.6 Å². The van der Waals surface area contributed by atoms with Gasteiger partial charge in [0, 0.05) is 18.7 Å². The van der Waals surface area contributed by atoms with E-state index in [0.29, 0.717) is 17.8 Å². The average Bonchev–Trinajstić information content (AvgIpc) is 3.15. The van der Waals surface area contributed by atoms with Gasteiger partial charge in [0.25, 0.3) is 15.9 Å². The van der Waals surface area contributed by atoms with Crippen molar-refractivity contribution >= 4 is 21.6 Å². The molecule has 0 bridgehead atoms. The first-order valence-corrected chi connectivity index (χ1v) is 10.4. The number of ether oxygens (including phenoxy) is 1. The van der Waals surface area contributed by atoms with Gasteiger partial charge in [-0.05, 0) is 56.0 Å². The zero-order valence-electron chi connectivity index (χ0n) is 15.5. The minimum Gasteiger partial charge on any atom is -0.376 e. The van der Waals surface area contributed by atoms with Gasteiger partial charge in [0.15, 0.2) is 0 Å². The Hall–Kier alpha value is -2.38. The van der Waals surface area contributed by atoms with Crippen molar-refractivity contribution in [2.45, 2.75) is 37.7 Å². The second-order valence-corrected chi connectivity index (χ2v) is 8.42. The van der Waals surface area contributed by atoms with E-state index >= 15 is 0 Å². The summed E-state index contributed by atoms with van der Waals surface area (Å²) in [6.45, 7) is 4.76. The quantitative estimate of drug-likeness (QED) is 0.797. The Bertz CT molecular complexity index is 935. The van der Waals surface area contributed by atoms with E-state index in [2.05, 4.69) is 10.0 Å². The summed E-state index contributed by atoms with van der Waals surface area (Å²) in [5.41, 5.74) is 2.40. The number of para-hydroxylation sites is 1. The number of hydrogen-bond donors (Lipinski definition) is 2. The van der Waals surface area contributed by atoms with Crippen LogP contribution in [0.5, 0.6) is 0 Å². The van der Waals surface area contributed by atoms with Gasteiger partial charge in [-0.2, -0.15) is 0 Å². The number of aryl methyl sites for hydroxylation is 2. The number of benzene rings is 2. The molecule has 1 amide bonds. The maximum absolute atomic E-state index is 12.7. The number of rotatable bonds is 6. The molecule has 144 valence electrons. The third-order valence-corrected chi connectivity index (χ3v) is 6.03. The number of carbonyl (C=O) groups is 1. The number of hydrogen-bond acceptors (Lipinski definition) is 4. The third kappa shape index (κ3) is 4.67. The van der Waals surface area contributed by atoms with Crippen molar-refractivity contribution in [1.29, 1.82) is 0 Å². The molecule has 1 saturated heterocycles. The molecule has 6 nitrogen and oxygen atoms in total. The highest BCUT2D eigenvalue weighted by Gasteiger charge is 2.20. The Morgan fingerprint density at radius 1 is 1.15 bits per heavy atom. The average molecular weight is 388 g/mol. The summed E-state index contributed by atoms with van der Waals surface area (Å²) >= 11 is 0. The molecule has 2 aromatic rings. The zero-order chi connectivity index (χ0) is 19.4. The van der Waals surface area contributed by atoms with Gasteiger partial charge in [0.2, 0.25) is 0 Å². The fourth-order valence-corrected chi connectivity index (χ4v) is 4.17. The second-order valence-electron chi connectivity index (χ2n) is 6.74. The van der Waals surface area contributed by atoms with Gasteiger partial charge in [0.05, 0.1) is 16.7 Å². The number of carbonyl (C=O) groups excluding carboxylic acids is 1. The predicted octanol–water partition coefficient (Wildman–Crippen LogP) is 3.01. The van der Waals surface area contributed by atoms with Gasteiger partial charge < -0.3 is 10.1 Å². The summed E-state index contributed by atoms with van der Waals surface area (Å²) < 4.78 is 33.6. The summed E-state index contributed by atoms with van der Waals surface area (Å²) in [5, 5.41) is 2.84. The van der Waals surface area contributed by atoms with Crippen LogP contribution in [0.3, 0.4) is 0 Å². The lowest BCUT2D eigenvalue weighted by Gasteiger charge is -2.14. The molecule has 0 spiro atoms. The van der Waals surface area contributed by atoms with Crippen molar-refractivity contribution in [2.75, 3.05) is 17.9 Å². The monoisotopic (exact) mass is 388 g/mol. The maximum Gasteiger partial charge on any atom is 0.261 e. The van der Waals surface area contributed by atoms with Crippen LogP contribution in [0.2, 0.25) is 0 Å². The van der Waals surface area contributed by atoms with Crippen LogP contribution in [0, 0.1) is 13.8 Å². The van der Waals surface area contributed by atoms with Crippen molar-refractivity contribution in [3.8, 4) is 0 Å². The lowest BCUT2D eigenvalue weighted by Crippen LogP contribution is -2.32. The smallest absolute Gasteiger partial charge is 0.261 e. The van der Waals surface area contributed by atoms with E-state index < -0.39 is 10.0 Å². The molecule has 1 atom stereocenters. The van der Waals surface area contributed by atoms with Gasteiger partial charge in [-0.1, -0.05) is 24.3 Å². The van der Waals surface area contributed by atoms with Crippen molar-refractivity contribution in [1.82, 2.24) is 5.32 Å². The molecule has 0 radical (unpaired) electrons. The molecule has 0 saturated carbocycles. The van der Waals surface area contributed by atoms with Crippen LogP contribution in [-0.2, 0) is 14.8 Å². The highest BCUT2D eigenvalue weighted by molar-refractivity contribution is 7.92. The van der Waals surface area contributed by atoms with E-state index in [-0.39, 0.29) is 16.9 Å². The van der Waals surface area contributed by atoms with Crippen LogP contribution in [0.4, 0.5) is 5.69 Å². The van der Waals surface area contributed by atoms with E-state index in [1.807, 2.05) is 19.1 Å². The Labute approximate surface area is 160 Å². The van der Waals surface area contributed by atoms with E-state index in [1.165, 1.54) is 12.1 Å². The van der Waals surface area contributed by atoms with Crippen molar-refractivity contribution in [2.24, 2.45) is 0 Å². The molecule has 0 unspecified atom stereocenters. The molecule has 1 heterocycles. The van der Waals surface area contributed by atoms with Gasteiger partial charge in [-0.25, -0.2) is 8.42 Å². The summed E-state index contributed by atoms with van der Waals surface area (Å²) in [5.74, 6) is -0.295. The normalized spacial score (nSPS) is 16.9. The van der Waals surface area contributed by atoms with Crippen molar-refractivity contribution in [3.63, 3.8) is 0 Å². The largest absolute Gasteiger partial charge is 0.376 e. The summed E-state index contributed by atoms with van der Waals surface area (Å²) in [6, 6.07) is 11.7. The van der Waals surface area contributed by atoms with E-state index in [1.54, 1.807) is 25.1 Å². The van der Waals surface area contributed by atoms with Crippen LogP contribution in [0.25, 0.3) is 0 Å². The Balaban J connectivity index is 1.79. The molecule has 1 aliphatic rings. The molecule has 1 aliphatic heterocycles. The fourth-order valence-electron chi connectivity index (χ4n) is 3.01. The topological polar surface area (TPSA) is 84.5 Å². The van der Waals surface area contributed by atoms with Crippen LogP contribution >= 0.6 is 0 Å². The lowest BCUT2D eigenvalue weighted by atomic mass is 10.1. The number of anilines is 1. The first-order chi connectivity index (χ1) is 12.9. The number of sulfonamides is 1. The Morgan fingerprint density at radius 3 is 2.63 bits per heavy atom. The van der Waals surface area contributed by atoms with Gasteiger partial charge in [0.1, 0.15) is 0 Å². The summed E-state index contributed by atoms with van der Waals surface area (Å²) in [6.07, 6.45) is 1.95. The summed E-state index contributed by atoms with van der Waals surface area (Å²) in [4.78, 5) is 12.6. The minimum atomic E-state index is -3.79. The summed E-state index contributed by atoms with van der Waals surface area (Å²) in [7, 11) is -3.79. The Morgan fingerprint density at radius 2 is 1.93 bits per heavy atom. The molecule has 2 aromatic carbocycles. The molecule has 0 aliphatic carbocycles. The molecule has 7 heteroatoms. The number of nitrogens with one attached hydrogen (secondary N) is 2. The maximum atomic E-state index is 12.7. The molecule has 2 N–H and O–H groups in total. The van der Waals surface area contributed by atoms with Crippen molar-refractivity contribution < 1.29 is 17.9 Å². The van der Waals surface area contributed by atoms with E-state index in [0.717, 1.165) is 30.6 Å². The van der Waals surface area contributed by atoms with E-state index in [4.69, 9.17) is 4.74 Å². The second kappa shape index (κ2) is 8.10. The lowest BCUT2D eigenvalue weighted by molar-refractivity contribution is 0.0857. The third-order valence-electron chi connectivity index (χ3n) is 4.67. The molecular formula is C20H24N2O4S. The SMILES string of the molecule is Cc1ccccc1NS(=O)(=O)c1ccc(C)c(C(=O)NC[C@@H]2CCCO2)c1. The van der Waals surface area contributed by atoms with E-state index in [9.17, 15) is 13.2 Å². The molecule has 1 fully saturated rings. The number of amides is 1. The van der Waals surface area contributed by atoms with Gasteiger partial charge in [-0.3, -0.25) is 9.52 Å². The molecular weight excluding hydrogens is 364 g/mol. The minimum absolute atomic E-state index is 0.0314. The molecule has 0 aromatic heterocycles. The fraction of sp³-hybridized carbons (Fsp3) is 0.350. The van der Waals surface area contributed by atoms with Crippen LogP contribution < -0.4 is 10.0 Å². The molecule has 27 heavy (non-hydrogen) atoms. The highest BCUT2D eigenvalue weighted by atomic mass is 32.2.